The Balaban J connectivity index is 1.80. The molecule has 0 bridgehead atoms. The van der Waals surface area contributed by atoms with E-state index >= 15 is 0 Å². The van der Waals surface area contributed by atoms with Gasteiger partial charge in [-0.3, -0.25) is 9.12 Å². The smallest absolute Gasteiger partial charge is 0.278 e. The van der Waals surface area contributed by atoms with E-state index in [9.17, 15) is 8.42 Å². The highest BCUT2D eigenvalue weighted by Gasteiger charge is 2.25. The van der Waals surface area contributed by atoms with Crippen LogP contribution in [0.2, 0.25) is 5.15 Å². The van der Waals surface area contributed by atoms with Crippen LogP contribution in [0.3, 0.4) is 0 Å². The van der Waals surface area contributed by atoms with Crippen molar-refractivity contribution >= 4 is 65.2 Å². The number of aromatic nitrogens is 3. The number of rotatable bonds is 3. The SMILES string of the molecule is O=S(=O)(Nc1ccc2scnc2c1)c1c(Cl)nc2sccn12. The third-order valence-corrected chi connectivity index (χ3v) is 6.36. The molecule has 0 spiro atoms. The Morgan fingerprint density at radius 3 is 3.00 bits per heavy atom. The Labute approximate surface area is 138 Å². The summed E-state index contributed by atoms with van der Waals surface area (Å²) in [6, 6.07) is 5.20. The van der Waals surface area contributed by atoms with Gasteiger partial charge in [0.25, 0.3) is 10.0 Å². The fourth-order valence-corrected chi connectivity index (χ4v) is 5.27. The van der Waals surface area contributed by atoms with Crippen LogP contribution in [-0.2, 0) is 10.0 Å². The molecule has 0 atom stereocenters. The van der Waals surface area contributed by atoms with Crippen molar-refractivity contribution in [2.75, 3.05) is 4.72 Å². The first kappa shape index (κ1) is 13.9. The Morgan fingerprint density at radius 1 is 1.27 bits per heavy atom. The number of nitrogens with zero attached hydrogens (tertiary/aromatic N) is 3. The summed E-state index contributed by atoms with van der Waals surface area (Å²) in [6.45, 7) is 0. The molecule has 0 unspecified atom stereocenters. The van der Waals surface area contributed by atoms with Crippen LogP contribution in [0.25, 0.3) is 15.2 Å². The van der Waals surface area contributed by atoms with Gasteiger partial charge in [0, 0.05) is 11.6 Å². The van der Waals surface area contributed by atoms with Crippen LogP contribution in [0.15, 0.2) is 40.3 Å². The number of fused-ring (bicyclic) bond motifs is 2. The maximum Gasteiger partial charge on any atom is 0.281 e. The van der Waals surface area contributed by atoms with E-state index in [-0.39, 0.29) is 10.2 Å². The summed E-state index contributed by atoms with van der Waals surface area (Å²) in [5.74, 6) is 0. The van der Waals surface area contributed by atoms with E-state index < -0.39 is 10.0 Å². The summed E-state index contributed by atoms with van der Waals surface area (Å²) >= 11 is 8.79. The summed E-state index contributed by atoms with van der Waals surface area (Å²) in [5.41, 5.74) is 2.89. The summed E-state index contributed by atoms with van der Waals surface area (Å²) in [7, 11) is -3.85. The van der Waals surface area contributed by atoms with Gasteiger partial charge >= 0.3 is 0 Å². The number of imidazole rings is 1. The number of halogens is 1. The third-order valence-electron chi connectivity index (χ3n) is 3.02. The minimum absolute atomic E-state index is 0.0471. The number of anilines is 1. The Bertz CT molecular complexity index is 1100. The summed E-state index contributed by atoms with van der Waals surface area (Å²) in [6.07, 6.45) is 1.62. The predicted octanol–water partition coefficient (Wildman–Crippen LogP) is 3.46. The van der Waals surface area contributed by atoms with Crippen molar-refractivity contribution in [3.63, 3.8) is 0 Å². The average molecular weight is 371 g/mol. The van der Waals surface area contributed by atoms with E-state index in [1.54, 1.807) is 29.2 Å². The van der Waals surface area contributed by atoms with Crippen LogP contribution in [-0.4, -0.2) is 22.8 Å². The van der Waals surface area contributed by atoms with Gasteiger partial charge in [0.1, 0.15) is 0 Å². The van der Waals surface area contributed by atoms with Crippen molar-refractivity contribution in [2.24, 2.45) is 0 Å². The first-order valence-corrected chi connectivity index (χ1v) is 9.64. The third kappa shape index (κ3) is 2.17. The lowest BCUT2D eigenvalue weighted by molar-refractivity contribution is 0.597. The molecule has 22 heavy (non-hydrogen) atoms. The molecule has 0 aliphatic rings. The van der Waals surface area contributed by atoms with Crippen molar-refractivity contribution < 1.29 is 8.42 Å². The van der Waals surface area contributed by atoms with Crippen LogP contribution in [0.5, 0.6) is 0 Å². The molecule has 0 saturated carbocycles. The zero-order valence-corrected chi connectivity index (χ0v) is 13.9. The summed E-state index contributed by atoms with van der Waals surface area (Å²) in [4.78, 5) is 8.74. The molecule has 112 valence electrons. The lowest BCUT2D eigenvalue weighted by Crippen LogP contribution is -2.15. The van der Waals surface area contributed by atoms with Crippen molar-refractivity contribution in [1.29, 1.82) is 0 Å². The van der Waals surface area contributed by atoms with Crippen molar-refractivity contribution in [3.05, 3.63) is 40.4 Å². The van der Waals surface area contributed by atoms with Gasteiger partial charge in [-0.25, -0.2) is 9.97 Å². The number of benzene rings is 1. The van der Waals surface area contributed by atoms with Gasteiger partial charge in [0.05, 0.1) is 21.4 Å². The van der Waals surface area contributed by atoms with Gasteiger partial charge in [-0.2, -0.15) is 8.42 Å². The molecule has 4 rings (SSSR count). The van der Waals surface area contributed by atoms with E-state index in [1.165, 1.54) is 27.1 Å². The zero-order valence-electron chi connectivity index (χ0n) is 10.7. The zero-order chi connectivity index (χ0) is 15.3. The normalized spacial score (nSPS) is 12.2. The molecule has 0 radical (unpaired) electrons. The molecule has 0 aliphatic carbocycles. The van der Waals surface area contributed by atoms with E-state index in [4.69, 9.17) is 11.6 Å². The molecule has 3 heterocycles. The molecular formula is C12H7ClN4O2S3. The second kappa shape index (κ2) is 4.92. The molecule has 0 amide bonds. The molecule has 0 aliphatic heterocycles. The lowest BCUT2D eigenvalue weighted by atomic mass is 10.3. The molecule has 1 aromatic carbocycles. The maximum atomic E-state index is 12.6. The van der Waals surface area contributed by atoms with Gasteiger partial charge in [-0.15, -0.1) is 22.7 Å². The quantitative estimate of drug-likeness (QED) is 0.599. The van der Waals surface area contributed by atoms with Crippen LogP contribution in [0, 0.1) is 0 Å². The largest absolute Gasteiger partial charge is 0.281 e. The molecule has 4 aromatic rings. The van der Waals surface area contributed by atoms with Crippen LogP contribution in [0.1, 0.15) is 0 Å². The second-order valence-corrected chi connectivity index (χ2v) is 8.12. The highest BCUT2D eigenvalue weighted by molar-refractivity contribution is 7.92. The number of hydrogen-bond acceptors (Lipinski definition) is 6. The van der Waals surface area contributed by atoms with Crippen molar-refractivity contribution in [2.45, 2.75) is 5.03 Å². The fraction of sp³-hybridized carbons (Fsp3) is 0. The minimum atomic E-state index is -3.85. The minimum Gasteiger partial charge on any atom is -0.278 e. The average Bonchev–Trinajstić information content (AvgIpc) is 3.11. The molecular weight excluding hydrogens is 364 g/mol. The number of thiazole rings is 2. The molecule has 0 fully saturated rings. The summed E-state index contributed by atoms with van der Waals surface area (Å²) in [5, 5.41) is 1.64. The van der Waals surface area contributed by atoms with Gasteiger partial charge in [-0.1, -0.05) is 11.6 Å². The van der Waals surface area contributed by atoms with Gasteiger partial charge < -0.3 is 0 Å². The number of nitrogens with one attached hydrogen (secondary N) is 1. The fourth-order valence-electron chi connectivity index (χ4n) is 2.10. The van der Waals surface area contributed by atoms with Gasteiger partial charge in [0.2, 0.25) is 0 Å². The topological polar surface area (TPSA) is 76.4 Å². The first-order valence-electron chi connectivity index (χ1n) is 6.02. The Hall–Kier alpha value is -1.68. The van der Waals surface area contributed by atoms with E-state index in [1.807, 2.05) is 6.07 Å². The highest BCUT2D eigenvalue weighted by atomic mass is 35.5. The van der Waals surface area contributed by atoms with Crippen molar-refractivity contribution in [1.82, 2.24) is 14.4 Å². The molecule has 1 N–H and O–H groups in total. The predicted molar refractivity (Wildman–Crippen MR) is 88.5 cm³/mol. The lowest BCUT2D eigenvalue weighted by Gasteiger charge is -2.07. The molecule has 6 nitrogen and oxygen atoms in total. The molecule has 3 aromatic heterocycles. The van der Waals surface area contributed by atoms with Crippen molar-refractivity contribution in [3.8, 4) is 0 Å². The molecule has 0 saturated heterocycles. The standard InChI is InChI=1S/C12H7ClN4O2S3/c13-10-11(17-3-4-20-12(17)15-10)22(18,19)16-7-1-2-9-8(5-7)14-6-21-9/h1-6,16H. The summed E-state index contributed by atoms with van der Waals surface area (Å²) < 4.78 is 30.2. The van der Waals surface area contributed by atoms with Gasteiger partial charge in [0.15, 0.2) is 15.1 Å². The second-order valence-electron chi connectivity index (χ2n) is 4.40. The maximum absolute atomic E-state index is 12.6. The van der Waals surface area contributed by atoms with Crippen LogP contribution >= 0.6 is 34.3 Å². The van der Waals surface area contributed by atoms with Crippen LogP contribution in [0.4, 0.5) is 5.69 Å². The molecule has 10 heteroatoms. The van der Waals surface area contributed by atoms with Gasteiger partial charge in [-0.05, 0) is 18.2 Å². The van der Waals surface area contributed by atoms with E-state index in [2.05, 4.69) is 14.7 Å². The number of sulfonamides is 1. The first-order chi connectivity index (χ1) is 10.5. The van der Waals surface area contributed by atoms with E-state index in [0.717, 1.165) is 10.2 Å². The number of hydrogen-bond donors (Lipinski definition) is 1. The highest BCUT2D eigenvalue weighted by Crippen LogP contribution is 2.28. The monoisotopic (exact) mass is 370 g/mol. The van der Waals surface area contributed by atoms with E-state index in [0.29, 0.717) is 10.6 Å². The van der Waals surface area contributed by atoms with Crippen LogP contribution < -0.4 is 4.72 Å². The Kier molecular flexibility index (Phi) is 3.12. The Morgan fingerprint density at radius 2 is 2.14 bits per heavy atom.